The van der Waals surface area contributed by atoms with Crippen LogP contribution in [0.25, 0.3) is 0 Å². The molecule has 0 atom stereocenters. The number of benzene rings is 1. The molecule has 2 aliphatic rings. The van der Waals surface area contributed by atoms with Crippen LogP contribution in [0.4, 0.5) is 13.2 Å². The van der Waals surface area contributed by atoms with Crippen LogP contribution < -0.4 is 0 Å². The van der Waals surface area contributed by atoms with Gasteiger partial charge in [-0.15, -0.1) is 0 Å². The van der Waals surface area contributed by atoms with Crippen LogP contribution in [-0.2, 0) is 6.42 Å². The third-order valence-electron chi connectivity index (χ3n) is 7.20. The standard InChI is InChI=1S/C24H35BrClF3N2/c1-2-31(17-24(27,28)29)22-6-3-18(4-7-22)9-12-30-13-10-19(11-14-30)15-20-16-21(26)5-8-23(20)25/h5,8,16,18-19,22H,2-4,6-7,9-15,17H2,1H3. The second kappa shape index (κ2) is 11.7. The SMILES string of the molecule is CCN(CC(F)(F)F)C1CCC(CCN2CCC(Cc3cc(Cl)ccc3Br)CC2)CC1. The van der Waals surface area contributed by atoms with E-state index in [9.17, 15) is 13.2 Å². The molecule has 7 heteroatoms. The fourth-order valence-corrected chi connectivity index (χ4v) is 5.92. The Labute approximate surface area is 198 Å². The summed E-state index contributed by atoms with van der Waals surface area (Å²) in [6, 6.07) is 6.12. The summed E-state index contributed by atoms with van der Waals surface area (Å²) in [5.74, 6) is 1.37. The molecule has 0 aromatic heterocycles. The minimum Gasteiger partial charge on any atom is -0.303 e. The molecule has 1 aliphatic carbocycles. The number of likely N-dealkylation sites (tertiary alicyclic amines) is 1. The van der Waals surface area contributed by atoms with Gasteiger partial charge in [-0.05, 0) is 113 Å². The van der Waals surface area contributed by atoms with Crippen LogP contribution in [0.5, 0.6) is 0 Å². The van der Waals surface area contributed by atoms with Crippen molar-refractivity contribution in [1.29, 1.82) is 0 Å². The molecule has 0 unspecified atom stereocenters. The fourth-order valence-electron chi connectivity index (χ4n) is 5.32. The molecular weight excluding hydrogens is 489 g/mol. The van der Waals surface area contributed by atoms with Crippen molar-refractivity contribution in [2.75, 3.05) is 32.7 Å². The van der Waals surface area contributed by atoms with E-state index in [1.54, 1.807) is 4.90 Å². The normalized spacial score (nSPS) is 24.1. The summed E-state index contributed by atoms with van der Waals surface area (Å²) in [6.07, 6.45) is 4.55. The zero-order chi connectivity index (χ0) is 22.4. The van der Waals surface area contributed by atoms with Gasteiger partial charge in [-0.2, -0.15) is 13.2 Å². The molecule has 2 nitrogen and oxygen atoms in total. The van der Waals surface area contributed by atoms with Gasteiger partial charge in [0.15, 0.2) is 0 Å². The van der Waals surface area contributed by atoms with Crippen molar-refractivity contribution in [3.63, 3.8) is 0 Å². The van der Waals surface area contributed by atoms with Crippen molar-refractivity contribution >= 4 is 27.5 Å². The highest BCUT2D eigenvalue weighted by atomic mass is 79.9. The van der Waals surface area contributed by atoms with Crippen LogP contribution in [0.1, 0.15) is 57.4 Å². The zero-order valence-electron chi connectivity index (χ0n) is 18.4. The van der Waals surface area contributed by atoms with E-state index in [1.165, 1.54) is 24.8 Å². The molecule has 1 aliphatic heterocycles. The maximum atomic E-state index is 12.8. The van der Waals surface area contributed by atoms with E-state index in [2.05, 4.69) is 26.9 Å². The topological polar surface area (TPSA) is 6.48 Å². The monoisotopic (exact) mass is 522 g/mol. The second-order valence-corrected chi connectivity index (χ2v) is 10.7. The van der Waals surface area contributed by atoms with Crippen LogP contribution in [0, 0.1) is 11.8 Å². The molecule has 0 amide bonds. The van der Waals surface area contributed by atoms with E-state index < -0.39 is 12.7 Å². The molecule has 0 bridgehead atoms. The van der Waals surface area contributed by atoms with Crippen LogP contribution in [-0.4, -0.2) is 54.7 Å². The number of alkyl halides is 3. The third-order valence-corrected chi connectivity index (χ3v) is 8.21. The first-order chi connectivity index (χ1) is 14.7. The summed E-state index contributed by atoms with van der Waals surface area (Å²) >= 11 is 9.80. The highest BCUT2D eigenvalue weighted by molar-refractivity contribution is 9.10. The lowest BCUT2D eigenvalue weighted by molar-refractivity contribution is -0.152. The van der Waals surface area contributed by atoms with E-state index >= 15 is 0 Å². The molecule has 1 saturated heterocycles. The number of halogens is 5. The fraction of sp³-hybridized carbons (Fsp3) is 0.750. The van der Waals surface area contributed by atoms with Crippen molar-refractivity contribution in [2.24, 2.45) is 11.8 Å². The summed E-state index contributed by atoms with van der Waals surface area (Å²) < 4.78 is 39.5. The van der Waals surface area contributed by atoms with Gasteiger partial charge >= 0.3 is 6.18 Å². The van der Waals surface area contributed by atoms with Gasteiger partial charge in [0.2, 0.25) is 0 Å². The molecule has 31 heavy (non-hydrogen) atoms. The first-order valence-electron chi connectivity index (χ1n) is 11.7. The minimum absolute atomic E-state index is 0.101. The quantitative estimate of drug-likeness (QED) is 0.356. The Hall–Kier alpha value is -0.300. The first-order valence-corrected chi connectivity index (χ1v) is 12.9. The number of piperidine rings is 1. The van der Waals surface area contributed by atoms with Gasteiger partial charge in [0, 0.05) is 15.5 Å². The van der Waals surface area contributed by atoms with E-state index in [0.29, 0.717) is 18.4 Å². The Balaban J connectivity index is 1.34. The van der Waals surface area contributed by atoms with Gasteiger partial charge in [0.25, 0.3) is 0 Å². The van der Waals surface area contributed by atoms with Crippen molar-refractivity contribution in [3.05, 3.63) is 33.3 Å². The Morgan fingerprint density at radius 3 is 2.35 bits per heavy atom. The Morgan fingerprint density at radius 2 is 1.74 bits per heavy atom. The highest BCUT2D eigenvalue weighted by Crippen LogP contribution is 2.32. The summed E-state index contributed by atoms with van der Waals surface area (Å²) in [7, 11) is 0. The van der Waals surface area contributed by atoms with E-state index in [4.69, 9.17) is 11.6 Å². The number of hydrogen-bond acceptors (Lipinski definition) is 2. The van der Waals surface area contributed by atoms with Crippen molar-refractivity contribution in [3.8, 4) is 0 Å². The lowest BCUT2D eigenvalue weighted by atomic mass is 9.83. The van der Waals surface area contributed by atoms with Gasteiger partial charge in [0.1, 0.15) is 0 Å². The van der Waals surface area contributed by atoms with Crippen LogP contribution in [0.2, 0.25) is 5.02 Å². The smallest absolute Gasteiger partial charge is 0.303 e. The molecule has 2 fully saturated rings. The molecule has 0 N–H and O–H groups in total. The van der Waals surface area contributed by atoms with E-state index in [-0.39, 0.29) is 6.04 Å². The predicted molar refractivity (Wildman–Crippen MR) is 126 cm³/mol. The summed E-state index contributed by atoms with van der Waals surface area (Å²) in [6.45, 7) is 4.98. The number of rotatable bonds is 8. The maximum absolute atomic E-state index is 12.8. The van der Waals surface area contributed by atoms with Gasteiger partial charge < -0.3 is 4.90 Å². The average molecular weight is 524 g/mol. The van der Waals surface area contributed by atoms with Crippen molar-refractivity contribution < 1.29 is 13.2 Å². The molecule has 1 aromatic rings. The molecule has 176 valence electrons. The molecule has 0 radical (unpaired) electrons. The van der Waals surface area contributed by atoms with Crippen LogP contribution in [0.15, 0.2) is 22.7 Å². The lowest BCUT2D eigenvalue weighted by Crippen LogP contribution is -2.43. The summed E-state index contributed by atoms with van der Waals surface area (Å²) in [5, 5.41) is 0.797. The maximum Gasteiger partial charge on any atom is 0.401 e. The third kappa shape index (κ3) is 8.21. The van der Waals surface area contributed by atoms with E-state index in [1.807, 2.05) is 19.1 Å². The van der Waals surface area contributed by atoms with E-state index in [0.717, 1.165) is 61.2 Å². The molecule has 1 saturated carbocycles. The van der Waals surface area contributed by atoms with Crippen molar-refractivity contribution in [1.82, 2.24) is 9.80 Å². The lowest BCUT2D eigenvalue weighted by Gasteiger charge is -2.38. The van der Waals surface area contributed by atoms with Crippen LogP contribution >= 0.6 is 27.5 Å². The number of hydrogen-bond donors (Lipinski definition) is 0. The Morgan fingerprint density at radius 1 is 1.06 bits per heavy atom. The zero-order valence-corrected chi connectivity index (χ0v) is 20.8. The molecule has 0 spiro atoms. The molecular formula is C24H35BrClF3N2. The molecule has 1 heterocycles. The second-order valence-electron chi connectivity index (χ2n) is 9.37. The van der Waals surface area contributed by atoms with Crippen LogP contribution in [0.3, 0.4) is 0 Å². The Kier molecular flexibility index (Phi) is 9.57. The largest absolute Gasteiger partial charge is 0.401 e. The van der Waals surface area contributed by atoms with Gasteiger partial charge in [-0.1, -0.05) is 34.5 Å². The highest BCUT2D eigenvalue weighted by Gasteiger charge is 2.34. The van der Waals surface area contributed by atoms with Gasteiger partial charge in [0.05, 0.1) is 6.54 Å². The molecule has 1 aromatic carbocycles. The minimum atomic E-state index is -4.10. The Bertz CT molecular complexity index is 684. The average Bonchev–Trinajstić information content (AvgIpc) is 2.74. The molecule has 3 rings (SSSR count). The van der Waals surface area contributed by atoms with Gasteiger partial charge in [-0.25, -0.2) is 0 Å². The van der Waals surface area contributed by atoms with Crippen molar-refractivity contribution in [2.45, 2.75) is 70.5 Å². The number of nitrogens with zero attached hydrogens (tertiary/aromatic N) is 2. The predicted octanol–water partition coefficient (Wildman–Crippen LogP) is 7.19. The summed E-state index contributed by atoms with van der Waals surface area (Å²) in [5.41, 5.74) is 1.30. The first kappa shape index (κ1) is 25.3. The van der Waals surface area contributed by atoms with Gasteiger partial charge in [-0.3, -0.25) is 4.90 Å². The summed E-state index contributed by atoms with van der Waals surface area (Å²) in [4.78, 5) is 4.21.